The van der Waals surface area contributed by atoms with Gasteiger partial charge in [-0.05, 0) is 6.92 Å². The van der Waals surface area contributed by atoms with Crippen molar-refractivity contribution in [3.8, 4) is 0 Å². The zero-order valence-corrected chi connectivity index (χ0v) is 7.55. The number of rotatable bonds is 5. The lowest BCUT2D eigenvalue weighted by molar-refractivity contribution is 0.209. The van der Waals surface area contributed by atoms with Crippen LogP contribution in [0.5, 0.6) is 0 Å². The molecule has 0 heterocycles. The van der Waals surface area contributed by atoms with Crippen molar-refractivity contribution < 1.29 is 4.79 Å². The summed E-state index contributed by atoms with van der Waals surface area (Å²) in [6.45, 7) is 10.8. The topological polar surface area (TPSA) is 32.3 Å². The first-order chi connectivity index (χ1) is 5.76. The SMILES string of the molecule is C=CCN(CC=C)C(=O)NCC. The molecule has 0 saturated carbocycles. The number of carbonyl (C=O) groups is 1. The van der Waals surface area contributed by atoms with E-state index in [0.29, 0.717) is 19.6 Å². The van der Waals surface area contributed by atoms with Crippen molar-refractivity contribution in [1.82, 2.24) is 10.2 Å². The van der Waals surface area contributed by atoms with E-state index >= 15 is 0 Å². The number of nitrogens with one attached hydrogen (secondary N) is 1. The molecule has 0 saturated heterocycles. The molecule has 0 fully saturated rings. The molecule has 68 valence electrons. The Hall–Kier alpha value is -1.25. The lowest BCUT2D eigenvalue weighted by Crippen LogP contribution is -2.39. The first kappa shape index (κ1) is 10.8. The molecular formula is C9H16N2O. The van der Waals surface area contributed by atoms with Crippen molar-refractivity contribution in [2.45, 2.75) is 6.92 Å². The zero-order chi connectivity index (χ0) is 9.40. The Morgan fingerprint density at radius 2 is 1.92 bits per heavy atom. The fraction of sp³-hybridized carbons (Fsp3) is 0.444. The third-order valence-corrected chi connectivity index (χ3v) is 1.31. The molecule has 0 bridgehead atoms. The van der Waals surface area contributed by atoms with Gasteiger partial charge in [0.1, 0.15) is 0 Å². The Kier molecular flexibility index (Phi) is 5.79. The molecule has 0 aromatic carbocycles. The summed E-state index contributed by atoms with van der Waals surface area (Å²) in [5, 5.41) is 2.71. The fourth-order valence-corrected chi connectivity index (χ4v) is 0.815. The Balaban J connectivity index is 3.97. The van der Waals surface area contributed by atoms with Crippen LogP contribution in [0.25, 0.3) is 0 Å². The lowest BCUT2D eigenvalue weighted by atomic mass is 10.4. The number of carbonyl (C=O) groups excluding carboxylic acids is 1. The summed E-state index contributed by atoms with van der Waals surface area (Å²) < 4.78 is 0. The number of hydrogen-bond acceptors (Lipinski definition) is 1. The molecule has 0 unspecified atom stereocenters. The van der Waals surface area contributed by atoms with Gasteiger partial charge in [0.15, 0.2) is 0 Å². The third kappa shape index (κ3) is 3.81. The van der Waals surface area contributed by atoms with Crippen LogP contribution in [0.3, 0.4) is 0 Å². The van der Waals surface area contributed by atoms with Gasteiger partial charge in [0.2, 0.25) is 0 Å². The largest absolute Gasteiger partial charge is 0.338 e. The van der Waals surface area contributed by atoms with Gasteiger partial charge in [-0.25, -0.2) is 4.79 Å². The Morgan fingerprint density at radius 1 is 1.42 bits per heavy atom. The second-order valence-corrected chi connectivity index (χ2v) is 2.32. The van der Waals surface area contributed by atoms with Gasteiger partial charge in [-0.3, -0.25) is 0 Å². The van der Waals surface area contributed by atoms with E-state index in [0.717, 1.165) is 0 Å². The number of amides is 2. The molecule has 0 aliphatic heterocycles. The van der Waals surface area contributed by atoms with E-state index < -0.39 is 0 Å². The molecule has 2 amide bonds. The van der Waals surface area contributed by atoms with E-state index in [2.05, 4.69) is 18.5 Å². The first-order valence-electron chi connectivity index (χ1n) is 4.00. The summed E-state index contributed by atoms with van der Waals surface area (Å²) >= 11 is 0. The quantitative estimate of drug-likeness (QED) is 0.618. The minimum atomic E-state index is -0.0719. The van der Waals surface area contributed by atoms with Crippen LogP contribution in [0.2, 0.25) is 0 Å². The highest BCUT2D eigenvalue weighted by Crippen LogP contribution is 1.89. The summed E-state index contributed by atoms with van der Waals surface area (Å²) in [5.74, 6) is 0. The summed E-state index contributed by atoms with van der Waals surface area (Å²) in [6.07, 6.45) is 3.39. The maximum absolute atomic E-state index is 11.2. The highest BCUT2D eigenvalue weighted by molar-refractivity contribution is 5.74. The molecule has 3 heteroatoms. The first-order valence-corrected chi connectivity index (χ1v) is 4.00. The molecule has 0 aromatic heterocycles. The second-order valence-electron chi connectivity index (χ2n) is 2.32. The summed E-state index contributed by atoms with van der Waals surface area (Å²) in [7, 11) is 0. The number of urea groups is 1. The van der Waals surface area contributed by atoms with Crippen molar-refractivity contribution in [1.29, 1.82) is 0 Å². The van der Waals surface area contributed by atoms with Crippen LogP contribution in [0.4, 0.5) is 4.79 Å². The minimum absolute atomic E-state index is 0.0719. The van der Waals surface area contributed by atoms with E-state index in [1.807, 2.05) is 6.92 Å². The fourth-order valence-electron chi connectivity index (χ4n) is 0.815. The molecule has 0 aromatic rings. The Bertz CT molecular complexity index is 156. The zero-order valence-electron chi connectivity index (χ0n) is 7.55. The van der Waals surface area contributed by atoms with Crippen LogP contribution in [0.1, 0.15) is 6.92 Å². The standard InChI is InChI=1S/C9H16N2O/c1-4-7-11(8-5-2)9(12)10-6-3/h4-5H,1-2,6-8H2,3H3,(H,10,12). The second kappa shape index (κ2) is 6.46. The monoisotopic (exact) mass is 168 g/mol. The predicted molar refractivity (Wildman–Crippen MR) is 51.0 cm³/mol. The van der Waals surface area contributed by atoms with Crippen molar-refractivity contribution in [2.75, 3.05) is 19.6 Å². The molecular weight excluding hydrogens is 152 g/mol. The normalized spacial score (nSPS) is 8.75. The maximum atomic E-state index is 11.2. The van der Waals surface area contributed by atoms with E-state index in [-0.39, 0.29) is 6.03 Å². The van der Waals surface area contributed by atoms with E-state index in [1.165, 1.54) is 0 Å². The Morgan fingerprint density at radius 3 is 2.25 bits per heavy atom. The van der Waals surface area contributed by atoms with Crippen LogP contribution in [-0.2, 0) is 0 Å². The highest BCUT2D eigenvalue weighted by atomic mass is 16.2. The molecule has 0 aliphatic carbocycles. The smallest absolute Gasteiger partial charge is 0.317 e. The number of hydrogen-bond donors (Lipinski definition) is 1. The Labute approximate surface area is 73.8 Å². The van der Waals surface area contributed by atoms with Gasteiger partial charge < -0.3 is 10.2 Å². The average molecular weight is 168 g/mol. The van der Waals surface area contributed by atoms with E-state index in [9.17, 15) is 4.79 Å². The summed E-state index contributed by atoms with van der Waals surface area (Å²) in [4.78, 5) is 12.9. The summed E-state index contributed by atoms with van der Waals surface area (Å²) in [6, 6.07) is -0.0719. The van der Waals surface area contributed by atoms with E-state index in [4.69, 9.17) is 0 Å². The number of nitrogens with zero attached hydrogens (tertiary/aromatic N) is 1. The molecule has 0 radical (unpaired) electrons. The molecule has 0 atom stereocenters. The van der Waals surface area contributed by atoms with Crippen LogP contribution in [-0.4, -0.2) is 30.6 Å². The molecule has 0 rings (SSSR count). The molecule has 1 N–H and O–H groups in total. The van der Waals surface area contributed by atoms with Gasteiger partial charge in [-0.2, -0.15) is 0 Å². The van der Waals surface area contributed by atoms with Gasteiger partial charge >= 0.3 is 6.03 Å². The maximum Gasteiger partial charge on any atom is 0.317 e. The predicted octanol–water partition coefficient (Wildman–Crippen LogP) is 1.39. The van der Waals surface area contributed by atoms with Crippen LogP contribution >= 0.6 is 0 Å². The van der Waals surface area contributed by atoms with Gasteiger partial charge in [0.25, 0.3) is 0 Å². The molecule has 0 spiro atoms. The van der Waals surface area contributed by atoms with Gasteiger partial charge in [0, 0.05) is 19.6 Å². The lowest BCUT2D eigenvalue weighted by Gasteiger charge is -2.18. The molecule has 0 aliphatic rings. The van der Waals surface area contributed by atoms with Gasteiger partial charge in [-0.1, -0.05) is 12.2 Å². The van der Waals surface area contributed by atoms with Crippen molar-refractivity contribution in [2.24, 2.45) is 0 Å². The molecule has 3 nitrogen and oxygen atoms in total. The minimum Gasteiger partial charge on any atom is -0.338 e. The highest BCUT2D eigenvalue weighted by Gasteiger charge is 2.07. The van der Waals surface area contributed by atoms with Crippen LogP contribution < -0.4 is 5.32 Å². The average Bonchev–Trinajstić information content (AvgIpc) is 2.04. The van der Waals surface area contributed by atoms with Crippen molar-refractivity contribution >= 4 is 6.03 Å². The van der Waals surface area contributed by atoms with Crippen molar-refractivity contribution in [3.05, 3.63) is 25.3 Å². The van der Waals surface area contributed by atoms with Crippen LogP contribution in [0, 0.1) is 0 Å². The van der Waals surface area contributed by atoms with Gasteiger partial charge in [-0.15, -0.1) is 13.2 Å². The summed E-state index contributed by atoms with van der Waals surface area (Å²) in [5.41, 5.74) is 0. The molecule has 12 heavy (non-hydrogen) atoms. The van der Waals surface area contributed by atoms with Crippen molar-refractivity contribution in [3.63, 3.8) is 0 Å². The van der Waals surface area contributed by atoms with Gasteiger partial charge in [0.05, 0.1) is 0 Å². The third-order valence-electron chi connectivity index (χ3n) is 1.31. The van der Waals surface area contributed by atoms with E-state index in [1.54, 1.807) is 17.1 Å². The van der Waals surface area contributed by atoms with Crippen LogP contribution in [0.15, 0.2) is 25.3 Å².